The molecule has 1 atom stereocenters. The van der Waals surface area contributed by atoms with E-state index in [-0.39, 0.29) is 0 Å². The van der Waals surface area contributed by atoms with Crippen molar-refractivity contribution < 1.29 is 13.4 Å². The van der Waals surface area contributed by atoms with Crippen LogP contribution in [0.4, 0.5) is 0 Å². The van der Waals surface area contributed by atoms with Crippen LogP contribution in [0.25, 0.3) is 0 Å². The van der Waals surface area contributed by atoms with E-state index in [1.54, 1.807) is 25.7 Å². The normalized spacial score (nSPS) is 23.8. The largest absolute Gasteiger partial charge is 0.296 e. The van der Waals surface area contributed by atoms with E-state index in [0.717, 1.165) is 11.8 Å². The maximum absolute atomic E-state index is 10.6. The highest BCUT2D eigenvalue weighted by molar-refractivity contribution is 7.64. The van der Waals surface area contributed by atoms with Crippen LogP contribution in [0.1, 0.15) is 64.2 Å². The molecule has 2 fully saturated rings. The maximum atomic E-state index is 10.6. The Bertz CT molecular complexity index is 310. The van der Waals surface area contributed by atoms with E-state index in [2.05, 4.69) is 4.31 Å². The Morgan fingerprint density at radius 3 is 1.40 bits per heavy atom. The topological polar surface area (TPSA) is 43.4 Å². The van der Waals surface area contributed by atoms with Crippen molar-refractivity contribution in [1.82, 2.24) is 0 Å². The van der Waals surface area contributed by atoms with E-state index < -0.39 is 15.4 Å². The molecule has 0 aliphatic heterocycles. The van der Waals surface area contributed by atoms with Gasteiger partial charge in [0, 0.05) is 20.0 Å². The summed E-state index contributed by atoms with van der Waals surface area (Å²) in [7, 11) is -4.49. The predicted molar refractivity (Wildman–Crippen MR) is 88.6 cm³/mol. The van der Waals surface area contributed by atoms with Crippen molar-refractivity contribution in [2.24, 2.45) is 11.8 Å². The fourth-order valence-electron chi connectivity index (χ4n) is 3.52. The second-order valence-corrected chi connectivity index (χ2v) is 10.8. The molecule has 0 heterocycles. The quantitative estimate of drug-likeness (QED) is 0.617. The second-order valence-electron chi connectivity index (χ2n) is 6.63. The van der Waals surface area contributed by atoms with Crippen molar-refractivity contribution in [2.45, 2.75) is 64.2 Å². The number of rotatable bonds is 3. The second kappa shape index (κ2) is 9.44. The van der Waals surface area contributed by atoms with Gasteiger partial charge in [0.25, 0.3) is 0 Å². The molecule has 0 aromatic heterocycles. The molecule has 0 spiro atoms. The van der Waals surface area contributed by atoms with Crippen LogP contribution in [-0.4, -0.2) is 20.0 Å². The Morgan fingerprint density at radius 2 is 1.20 bits per heavy atom. The Balaban J connectivity index is 0.000000221. The molecule has 20 heavy (non-hydrogen) atoms. The fourth-order valence-corrected chi connectivity index (χ4v) is 6.00. The van der Waals surface area contributed by atoms with Crippen molar-refractivity contribution in [2.75, 3.05) is 20.0 Å². The van der Waals surface area contributed by atoms with Gasteiger partial charge in [0.05, 0.1) is 0 Å². The zero-order valence-corrected chi connectivity index (χ0v) is 15.3. The minimum atomic E-state index is -2.49. The molecule has 0 radical (unpaired) electrons. The van der Waals surface area contributed by atoms with E-state index in [9.17, 15) is 9.13 Å². The summed E-state index contributed by atoms with van der Waals surface area (Å²) in [6.07, 6.45) is 15.4. The Labute approximate surface area is 125 Å². The van der Waals surface area contributed by atoms with Crippen molar-refractivity contribution in [3.05, 3.63) is 0 Å². The highest BCUT2D eigenvalue weighted by Gasteiger charge is 2.24. The molecule has 120 valence electrons. The van der Waals surface area contributed by atoms with E-state index in [0.29, 0.717) is 0 Å². The van der Waals surface area contributed by atoms with Crippen LogP contribution in [-0.2, 0) is 13.4 Å². The van der Waals surface area contributed by atoms with Crippen molar-refractivity contribution in [3.63, 3.8) is 0 Å². The first-order valence-electron chi connectivity index (χ1n) is 8.13. The summed E-state index contributed by atoms with van der Waals surface area (Å²) >= 11 is 0. The monoisotopic (exact) mass is 322 g/mol. The van der Waals surface area contributed by atoms with Gasteiger partial charge in [-0.15, -0.1) is 0 Å². The molecule has 2 saturated carbocycles. The Kier molecular flexibility index (Phi) is 8.72. The number of hydrogen-bond donors (Lipinski definition) is 0. The summed E-state index contributed by atoms with van der Waals surface area (Å²) in [5.74, 6) is 2.28. The highest BCUT2D eigenvalue weighted by Crippen LogP contribution is 2.46. The molecule has 0 aromatic carbocycles. The molecule has 2 aliphatic rings. The smallest absolute Gasteiger partial charge is 0.202 e. The van der Waals surface area contributed by atoms with E-state index in [1.165, 1.54) is 58.5 Å². The summed E-state index contributed by atoms with van der Waals surface area (Å²) in [6, 6.07) is 0. The van der Waals surface area contributed by atoms with Gasteiger partial charge in [-0.3, -0.25) is 13.4 Å². The number of hydrogen-bond acceptors (Lipinski definition) is 3. The fraction of sp³-hybridized carbons (Fsp3) is 1.00. The molecule has 3 nitrogen and oxygen atoms in total. The Hall–Kier alpha value is 0.420. The third-order valence-corrected chi connectivity index (χ3v) is 7.10. The van der Waals surface area contributed by atoms with E-state index >= 15 is 0 Å². The van der Waals surface area contributed by atoms with Gasteiger partial charge >= 0.3 is 0 Å². The lowest BCUT2D eigenvalue weighted by atomic mass is 9.73. The molecular formula is C15H32O3P2. The third kappa shape index (κ3) is 8.65. The first kappa shape index (κ1) is 18.5. The zero-order chi connectivity index (χ0) is 15.0. The molecule has 2 aliphatic carbocycles. The summed E-state index contributed by atoms with van der Waals surface area (Å²) in [5, 5.41) is 0. The molecule has 2 rings (SSSR count). The summed E-state index contributed by atoms with van der Waals surface area (Å²) in [6.45, 7) is 4.31. The van der Waals surface area contributed by atoms with Gasteiger partial charge in [0.2, 0.25) is 7.37 Å². The lowest BCUT2D eigenvalue weighted by Crippen LogP contribution is -2.20. The van der Waals surface area contributed by atoms with Crippen LogP contribution in [0.15, 0.2) is 0 Å². The molecule has 0 N–H and O–H groups in total. The van der Waals surface area contributed by atoms with Crippen molar-refractivity contribution in [3.8, 4) is 0 Å². The van der Waals surface area contributed by atoms with E-state index in [1.807, 2.05) is 0 Å². The van der Waals surface area contributed by atoms with Crippen LogP contribution in [0.5, 0.6) is 0 Å². The molecule has 5 heteroatoms. The predicted octanol–water partition coefficient (Wildman–Crippen LogP) is 5.79. The van der Waals surface area contributed by atoms with Crippen LogP contribution >= 0.6 is 15.4 Å². The van der Waals surface area contributed by atoms with Gasteiger partial charge in [-0.1, -0.05) is 64.2 Å². The average molecular weight is 322 g/mol. The van der Waals surface area contributed by atoms with Gasteiger partial charge in [0.15, 0.2) is 8.03 Å². The molecule has 1 unspecified atom stereocenters. The van der Waals surface area contributed by atoms with Crippen LogP contribution in [0, 0.1) is 11.8 Å². The average Bonchev–Trinajstić information content (AvgIpc) is 2.39. The first-order chi connectivity index (χ1) is 9.38. The molecule has 0 bridgehead atoms. The lowest BCUT2D eigenvalue weighted by molar-refractivity contribution is 0.196. The van der Waals surface area contributed by atoms with Gasteiger partial charge in [-0.05, 0) is 11.8 Å². The van der Waals surface area contributed by atoms with Gasteiger partial charge in [-0.2, -0.15) is 0 Å². The van der Waals surface area contributed by atoms with Crippen molar-refractivity contribution in [1.29, 1.82) is 0 Å². The molecule has 0 saturated heterocycles. The standard InChI is InChI=1S/C12H22.C3H10O3P2/c1-3-7-11(8-4-1)12-9-5-2-6-10-12;1-7(4)6-8(2,3)5/h11-12H,1-10H2;7H,1-3H3. The Morgan fingerprint density at radius 1 is 0.850 bits per heavy atom. The van der Waals surface area contributed by atoms with Crippen LogP contribution in [0.3, 0.4) is 0 Å². The highest BCUT2D eigenvalue weighted by atomic mass is 31.2. The summed E-state index contributed by atoms with van der Waals surface area (Å²) in [4.78, 5) is 0. The lowest BCUT2D eigenvalue weighted by Gasteiger charge is -2.32. The third-order valence-electron chi connectivity index (χ3n) is 4.31. The van der Waals surface area contributed by atoms with Gasteiger partial charge in [0.1, 0.15) is 0 Å². The maximum Gasteiger partial charge on any atom is 0.202 e. The molecule has 0 aromatic rings. The molecular weight excluding hydrogens is 290 g/mol. The minimum Gasteiger partial charge on any atom is -0.296 e. The minimum absolute atomic E-state index is 1.14. The summed E-state index contributed by atoms with van der Waals surface area (Å²) < 4.78 is 25.4. The zero-order valence-electron chi connectivity index (χ0n) is 13.4. The van der Waals surface area contributed by atoms with Crippen LogP contribution < -0.4 is 0 Å². The van der Waals surface area contributed by atoms with Gasteiger partial charge in [-0.25, -0.2) is 0 Å². The summed E-state index contributed by atoms with van der Waals surface area (Å²) in [5.41, 5.74) is 0. The van der Waals surface area contributed by atoms with Crippen LogP contribution in [0.2, 0.25) is 0 Å². The van der Waals surface area contributed by atoms with Gasteiger partial charge < -0.3 is 0 Å². The molecule has 0 amide bonds. The first-order valence-corrected chi connectivity index (χ1v) is 12.5. The SMILES string of the molecule is C1CCC(C2CCCCC2)CC1.C[PH](=O)OP(C)(C)=O. The van der Waals surface area contributed by atoms with Crippen molar-refractivity contribution >= 4 is 15.4 Å². The van der Waals surface area contributed by atoms with E-state index in [4.69, 9.17) is 0 Å².